The van der Waals surface area contributed by atoms with Crippen LogP contribution in [0.1, 0.15) is 43.7 Å². The molecule has 0 radical (unpaired) electrons. The summed E-state index contributed by atoms with van der Waals surface area (Å²) < 4.78 is 7.13. The molecule has 2 aromatic rings. The predicted molar refractivity (Wildman–Crippen MR) is 102 cm³/mol. The fraction of sp³-hybridized carbons (Fsp3) is 0.316. The summed E-state index contributed by atoms with van der Waals surface area (Å²) in [6, 6.07) is 5.83. The van der Waals surface area contributed by atoms with Crippen LogP contribution in [0.5, 0.6) is 0 Å². The van der Waals surface area contributed by atoms with Gasteiger partial charge >= 0.3 is 5.97 Å². The molecule has 0 saturated carbocycles. The number of esters is 1. The quantitative estimate of drug-likeness (QED) is 0.594. The standard InChI is InChI=1S/C10H9BrO2.C9H11BrO/c1-5-3-7-8(4-13-10(7)12)6(2)9(5)11;1-6-3-4-8(5-11)7(2)9(6)10/h3H,4H2,1-2H3;3-4,11H,5H2,1-2H3. The summed E-state index contributed by atoms with van der Waals surface area (Å²) in [5.41, 5.74) is 7.26. The lowest BCUT2D eigenvalue weighted by Gasteiger charge is -2.06. The third-order valence-corrected chi connectivity index (χ3v) is 6.68. The van der Waals surface area contributed by atoms with E-state index in [-0.39, 0.29) is 12.6 Å². The zero-order valence-electron chi connectivity index (χ0n) is 14.2. The minimum absolute atomic E-state index is 0.116. The zero-order chi connectivity index (χ0) is 18.0. The van der Waals surface area contributed by atoms with Crippen molar-refractivity contribution in [3.8, 4) is 0 Å². The van der Waals surface area contributed by atoms with Gasteiger partial charge < -0.3 is 9.84 Å². The lowest BCUT2D eigenvalue weighted by atomic mass is 10.0. The van der Waals surface area contributed by atoms with Crippen LogP contribution >= 0.6 is 31.9 Å². The number of hydrogen-bond donors (Lipinski definition) is 1. The molecule has 24 heavy (non-hydrogen) atoms. The summed E-state index contributed by atoms with van der Waals surface area (Å²) in [5.74, 6) is -0.200. The summed E-state index contributed by atoms with van der Waals surface area (Å²) in [6.45, 7) is 8.55. The van der Waals surface area contributed by atoms with Gasteiger partial charge in [0.25, 0.3) is 0 Å². The van der Waals surface area contributed by atoms with Gasteiger partial charge in [0, 0.05) is 14.5 Å². The minimum atomic E-state index is -0.200. The van der Waals surface area contributed by atoms with Crippen molar-refractivity contribution in [3.63, 3.8) is 0 Å². The Morgan fingerprint density at radius 1 is 1.04 bits per heavy atom. The Balaban J connectivity index is 0.000000177. The van der Waals surface area contributed by atoms with Crippen molar-refractivity contribution in [2.24, 2.45) is 0 Å². The normalized spacial score (nSPS) is 12.4. The zero-order valence-corrected chi connectivity index (χ0v) is 17.3. The van der Waals surface area contributed by atoms with Crippen molar-refractivity contribution >= 4 is 37.8 Å². The highest BCUT2D eigenvalue weighted by molar-refractivity contribution is 9.10. The summed E-state index contributed by atoms with van der Waals surface area (Å²) in [5, 5.41) is 8.91. The van der Waals surface area contributed by atoms with E-state index in [2.05, 4.69) is 31.9 Å². The number of fused-ring (bicyclic) bond motifs is 1. The minimum Gasteiger partial charge on any atom is -0.457 e. The topological polar surface area (TPSA) is 46.5 Å². The Hall–Kier alpha value is -1.17. The Morgan fingerprint density at radius 2 is 1.67 bits per heavy atom. The van der Waals surface area contributed by atoms with Crippen LogP contribution in [0, 0.1) is 27.7 Å². The maximum absolute atomic E-state index is 11.2. The van der Waals surface area contributed by atoms with E-state index in [9.17, 15) is 4.79 Å². The maximum Gasteiger partial charge on any atom is 0.338 e. The number of hydrogen-bond acceptors (Lipinski definition) is 3. The average Bonchev–Trinajstić information content (AvgIpc) is 2.92. The van der Waals surface area contributed by atoms with Gasteiger partial charge in [0.2, 0.25) is 0 Å². The number of aryl methyl sites for hydroxylation is 2. The third-order valence-electron chi connectivity index (χ3n) is 4.24. The summed E-state index contributed by atoms with van der Waals surface area (Å²) in [7, 11) is 0. The number of carbonyl (C=O) groups is 1. The maximum atomic E-state index is 11.2. The van der Waals surface area contributed by atoms with Gasteiger partial charge in [-0.3, -0.25) is 0 Å². The summed E-state index contributed by atoms with van der Waals surface area (Å²) >= 11 is 6.95. The lowest BCUT2D eigenvalue weighted by Crippen LogP contribution is -1.96. The number of cyclic esters (lactones) is 1. The first-order valence-corrected chi connectivity index (χ1v) is 9.17. The second kappa shape index (κ2) is 7.81. The average molecular weight is 456 g/mol. The lowest BCUT2D eigenvalue weighted by molar-refractivity contribution is 0.0535. The number of aliphatic hydroxyl groups is 1. The molecule has 1 heterocycles. The van der Waals surface area contributed by atoms with E-state index >= 15 is 0 Å². The molecule has 1 N–H and O–H groups in total. The van der Waals surface area contributed by atoms with Crippen LogP contribution in [0.3, 0.4) is 0 Å². The van der Waals surface area contributed by atoms with E-state index in [0.29, 0.717) is 6.61 Å². The molecule has 1 aliphatic rings. The summed E-state index contributed by atoms with van der Waals surface area (Å²) in [4.78, 5) is 11.2. The molecule has 3 nitrogen and oxygen atoms in total. The van der Waals surface area contributed by atoms with Gasteiger partial charge in [-0.05, 0) is 61.6 Å². The Morgan fingerprint density at radius 3 is 2.29 bits per heavy atom. The molecule has 3 rings (SSSR count). The van der Waals surface area contributed by atoms with Crippen LogP contribution < -0.4 is 0 Å². The molecule has 0 fully saturated rings. The van der Waals surface area contributed by atoms with Gasteiger partial charge in [-0.1, -0.05) is 44.0 Å². The number of aliphatic hydroxyl groups excluding tert-OH is 1. The fourth-order valence-corrected chi connectivity index (χ4v) is 3.35. The first-order chi connectivity index (χ1) is 11.3. The molecule has 0 spiro atoms. The van der Waals surface area contributed by atoms with Gasteiger partial charge in [0.05, 0.1) is 12.2 Å². The number of rotatable bonds is 1. The number of ether oxygens (including phenoxy) is 1. The van der Waals surface area contributed by atoms with Crippen molar-refractivity contribution in [2.45, 2.75) is 40.9 Å². The largest absolute Gasteiger partial charge is 0.457 e. The summed E-state index contributed by atoms with van der Waals surface area (Å²) in [6.07, 6.45) is 0. The molecule has 0 bridgehead atoms. The van der Waals surface area contributed by atoms with Gasteiger partial charge in [-0.25, -0.2) is 4.79 Å². The monoisotopic (exact) mass is 454 g/mol. The van der Waals surface area contributed by atoms with Gasteiger partial charge in [0.15, 0.2) is 0 Å². The molecule has 0 unspecified atom stereocenters. The van der Waals surface area contributed by atoms with E-state index in [4.69, 9.17) is 9.84 Å². The van der Waals surface area contributed by atoms with Crippen LogP contribution in [-0.2, 0) is 18.0 Å². The van der Waals surface area contributed by atoms with E-state index in [1.807, 2.05) is 45.9 Å². The molecule has 128 valence electrons. The Kier molecular flexibility index (Phi) is 6.23. The first-order valence-electron chi connectivity index (χ1n) is 7.59. The Labute approximate surface area is 159 Å². The first kappa shape index (κ1) is 19.2. The van der Waals surface area contributed by atoms with Crippen molar-refractivity contribution in [1.29, 1.82) is 0 Å². The van der Waals surface area contributed by atoms with E-state index < -0.39 is 0 Å². The SMILES string of the molecule is Cc1cc2c(c(C)c1Br)COC2=O.Cc1ccc(CO)c(C)c1Br. The van der Waals surface area contributed by atoms with Crippen LogP contribution in [-0.4, -0.2) is 11.1 Å². The highest BCUT2D eigenvalue weighted by Crippen LogP contribution is 2.31. The number of benzene rings is 2. The van der Waals surface area contributed by atoms with Gasteiger partial charge in [0.1, 0.15) is 6.61 Å². The second-order valence-electron chi connectivity index (χ2n) is 5.87. The van der Waals surface area contributed by atoms with Gasteiger partial charge in [-0.15, -0.1) is 0 Å². The fourth-order valence-electron chi connectivity index (χ4n) is 2.61. The van der Waals surface area contributed by atoms with E-state index in [1.54, 1.807) is 0 Å². The molecule has 0 atom stereocenters. The van der Waals surface area contributed by atoms with Gasteiger partial charge in [-0.2, -0.15) is 0 Å². The van der Waals surface area contributed by atoms with Crippen LogP contribution in [0.15, 0.2) is 27.1 Å². The smallest absolute Gasteiger partial charge is 0.338 e. The molecule has 0 saturated heterocycles. The van der Waals surface area contributed by atoms with Crippen molar-refractivity contribution in [1.82, 2.24) is 0 Å². The van der Waals surface area contributed by atoms with Crippen molar-refractivity contribution in [3.05, 3.63) is 66.1 Å². The molecule has 0 aromatic heterocycles. The molecule has 0 amide bonds. The van der Waals surface area contributed by atoms with E-state index in [1.165, 1.54) is 5.56 Å². The molecule has 1 aliphatic heterocycles. The highest BCUT2D eigenvalue weighted by atomic mass is 79.9. The highest BCUT2D eigenvalue weighted by Gasteiger charge is 2.24. The predicted octanol–water partition coefficient (Wildman–Crippen LogP) is 5.29. The van der Waals surface area contributed by atoms with Crippen LogP contribution in [0.4, 0.5) is 0 Å². The molecular weight excluding hydrogens is 436 g/mol. The van der Waals surface area contributed by atoms with E-state index in [0.717, 1.165) is 42.3 Å². The molecule has 0 aliphatic carbocycles. The number of carbonyl (C=O) groups excluding carboxylic acids is 1. The van der Waals surface area contributed by atoms with Crippen LogP contribution in [0.25, 0.3) is 0 Å². The molecule has 2 aromatic carbocycles. The number of halogens is 2. The third kappa shape index (κ3) is 3.73. The van der Waals surface area contributed by atoms with Crippen molar-refractivity contribution in [2.75, 3.05) is 0 Å². The Bertz CT molecular complexity index is 798. The second-order valence-corrected chi connectivity index (χ2v) is 7.46. The van der Waals surface area contributed by atoms with Crippen molar-refractivity contribution < 1.29 is 14.6 Å². The molecule has 5 heteroatoms. The molecular formula is C19H20Br2O3. The van der Waals surface area contributed by atoms with Crippen LogP contribution in [0.2, 0.25) is 0 Å².